The average Bonchev–Trinajstić information content (AvgIpc) is 2.40. The van der Waals surface area contributed by atoms with E-state index in [1.807, 2.05) is 30.3 Å². The Kier molecular flexibility index (Phi) is 4.81. The maximum Gasteiger partial charge on any atom is 0.407 e. The fourth-order valence-corrected chi connectivity index (χ4v) is 3.08. The van der Waals surface area contributed by atoms with Crippen molar-refractivity contribution in [1.82, 2.24) is 13.9 Å². The number of hydrogen-bond acceptors (Lipinski definition) is 4. The minimum atomic E-state index is -3.39. The van der Waals surface area contributed by atoms with Gasteiger partial charge in [0.1, 0.15) is 6.61 Å². The van der Waals surface area contributed by atoms with Gasteiger partial charge < -0.3 is 10.1 Å². The highest BCUT2D eigenvalue weighted by atomic mass is 32.2. The Balaban J connectivity index is 1.72. The summed E-state index contributed by atoms with van der Waals surface area (Å²) in [4.78, 5) is 11.6. The molecule has 1 aliphatic heterocycles. The Labute approximate surface area is 124 Å². The molecule has 21 heavy (non-hydrogen) atoms. The zero-order valence-electron chi connectivity index (χ0n) is 12.0. The third kappa shape index (κ3) is 3.93. The van der Waals surface area contributed by atoms with E-state index in [9.17, 15) is 13.2 Å². The van der Waals surface area contributed by atoms with Crippen LogP contribution in [0.3, 0.4) is 0 Å². The minimum absolute atomic E-state index is 0.194. The normalized spacial score (nSPS) is 16.5. The third-order valence-electron chi connectivity index (χ3n) is 3.17. The van der Waals surface area contributed by atoms with Gasteiger partial charge in [-0.25, -0.2) is 4.79 Å². The molecule has 8 heteroatoms. The number of nitrogens with one attached hydrogen (secondary N) is 1. The SMILES string of the molecule is CN(C)S(=O)(=O)N1CC(NC(=O)OCc2ccccc2)C1. The molecule has 2 rings (SSSR count). The molecule has 1 heterocycles. The van der Waals surface area contributed by atoms with Crippen LogP contribution in [0.2, 0.25) is 0 Å². The zero-order chi connectivity index (χ0) is 15.5. The number of rotatable bonds is 5. The molecule has 1 aromatic carbocycles. The Morgan fingerprint density at radius 3 is 2.52 bits per heavy atom. The summed E-state index contributed by atoms with van der Waals surface area (Å²) in [7, 11) is -0.437. The lowest BCUT2D eigenvalue weighted by atomic mass is 10.2. The van der Waals surface area contributed by atoms with Crippen molar-refractivity contribution < 1.29 is 17.9 Å². The number of alkyl carbamates (subject to hydrolysis) is 1. The summed E-state index contributed by atoms with van der Waals surface area (Å²) in [6.07, 6.45) is -0.536. The van der Waals surface area contributed by atoms with Crippen LogP contribution in [-0.4, -0.2) is 56.3 Å². The topological polar surface area (TPSA) is 79.0 Å². The van der Waals surface area contributed by atoms with E-state index in [-0.39, 0.29) is 25.7 Å². The molecule has 1 amide bonds. The fraction of sp³-hybridized carbons (Fsp3) is 0.462. The standard InChI is InChI=1S/C13H19N3O4S/c1-15(2)21(18,19)16-8-12(9-16)14-13(17)20-10-11-6-4-3-5-7-11/h3-7,12H,8-10H2,1-2H3,(H,14,17). The van der Waals surface area contributed by atoms with Crippen molar-refractivity contribution >= 4 is 16.3 Å². The van der Waals surface area contributed by atoms with Gasteiger partial charge in [0.05, 0.1) is 6.04 Å². The molecule has 0 radical (unpaired) electrons. The molecule has 0 aromatic heterocycles. The number of amides is 1. The highest BCUT2D eigenvalue weighted by Gasteiger charge is 2.37. The second-order valence-electron chi connectivity index (χ2n) is 5.01. The second kappa shape index (κ2) is 6.42. The van der Waals surface area contributed by atoms with Crippen molar-refractivity contribution in [3.05, 3.63) is 35.9 Å². The van der Waals surface area contributed by atoms with E-state index >= 15 is 0 Å². The average molecular weight is 313 g/mol. The molecule has 116 valence electrons. The summed E-state index contributed by atoms with van der Waals surface area (Å²) in [6.45, 7) is 0.723. The number of benzene rings is 1. The number of carbonyl (C=O) groups is 1. The van der Waals surface area contributed by atoms with E-state index in [1.54, 1.807) is 0 Å². The van der Waals surface area contributed by atoms with Crippen molar-refractivity contribution in [2.24, 2.45) is 0 Å². The summed E-state index contributed by atoms with van der Waals surface area (Å²) in [5, 5.41) is 2.64. The molecule has 1 aliphatic rings. The van der Waals surface area contributed by atoms with E-state index < -0.39 is 16.3 Å². The molecule has 0 unspecified atom stereocenters. The molecule has 0 bridgehead atoms. The van der Waals surface area contributed by atoms with Crippen LogP contribution < -0.4 is 5.32 Å². The summed E-state index contributed by atoms with van der Waals surface area (Å²) >= 11 is 0. The molecule has 1 fully saturated rings. The van der Waals surface area contributed by atoms with Gasteiger partial charge >= 0.3 is 6.09 Å². The minimum Gasteiger partial charge on any atom is -0.445 e. The molecule has 0 spiro atoms. The van der Waals surface area contributed by atoms with Gasteiger partial charge in [-0.2, -0.15) is 17.0 Å². The lowest BCUT2D eigenvalue weighted by Crippen LogP contribution is -2.62. The molecule has 0 aliphatic carbocycles. The highest BCUT2D eigenvalue weighted by molar-refractivity contribution is 7.86. The predicted molar refractivity (Wildman–Crippen MR) is 77.7 cm³/mol. The Hall–Kier alpha value is -1.64. The van der Waals surface area contributed by atoms with Gasteiger partial charge in [0, 0.05) is 27.2 Å². The number of hydrogen-bond donors (Lipinski definition) is 1. The first-order valence-corrected chi connectivity index (χ1v) is 7.94. The van der Waals surface area contributed by atoms with Gasteiger partial charge in [-0.3, -0.25) is 0 Å². The van der Waals surface area contributed by atoms with Crippen LogP contribution in [0.15, 0.2) is 30.3 Å². The number of nitrogens with zero attached hydrogens (tertiary/aromatic N) is 2. The maximum absolute atomic E-state index is 11.8. The maximum atomic E-state index is 11.8. The zero-order valence-corrected chi connectivity index (χ0v) is 12.8. The quantitative estimate of drug-likeness (QED) is 0.853. The molecular formula is C13H19N3O4S. The van der Waals surface area contributed by atoms with Crippen LogP contribution in [0.5, 0.6) is 0 Å². The summed E-state index contributed by atoms with van der Waals surface area (Å²) in [5.74, 6) is 0. The Morgan fingerprint density at radius 1 is 1.33 bits per heavy atom. The van der Waals surface area contributed by atoms with Gasteiger partial charge in [0.2, 0.25) is 0 Å². The lowest BCUT2D eigenvalue weighted by molar-refractivity contribution is 0.122. The second-order valence-corrected chi connectivity index (χ2v) is 7.15. The number of carbonyl (C=O) groups excluding carboxylic acids is 1. The van der Waals surface area contributed by atoms with Crippen molar-refractivity contribution in [2.75, 3.05) is 27.2 Å². The van der Waals surface area contributed by atoms with E-state index in [4.69, 9.17) is 4.74 Å². The van der Waals surface area contributed by atoms with Crippen LogP contribution in [0.1, 0.15) is 5.56 Å². The Bertz CT molecular complexity index is 583. The van der Waals surface area contributed by atoms with Gasteiger partial charge in [-0.1, -0.05) is 30.3 Å². The van der Waals surface area contributed by atoms with Crippen LogP contribution in [0.4, 0.5) is 4.79 Å². The van der Waals surface area contributed by atoms with E-state index in [1.165, 1.54) is 18.4 Å². The van der Waals surface area contributed by atoms with Crippen LogP contribution in [-0.2, 0) is 21.6 Å². The van der Waals surface area contributed by atoms with E-state index in [2.05, 4.69) is 5.32 Å². The van der Waals surface area contributed by atoms with Crippen molar-refractivity contribution in [3.8, 4) is 0 Å². The van der Waals surface area contributed by atoms with Crippen LogP contribution in [0.25, 0.3) is 0 Å². The molecule has 1 N–H and O–H groups in total. The van der Waals surface area contributed by atoms with Gasteiger partial charge in [-0.05, 0) is 5.56 Å². The molecule has 0 atom stereocenters. The van der Waals surface area contributed by atoms with Gasteiger partial charge in [-0.15, -0.1) is 0 Å². The molecule has 7 nitrogen and oxygen atoms in total. The van der Waals surface area contributed by atoms with Gasteiger partial charge in [0.15, 0.2) is 0 Å². The summed E-state index contributed by atoms with van der Waals surface area (Å²) in [5.41, 5.74) is 0.901. The van der Waals surface area contributed by atoms with Crippen LogP contribution in [0, 0.1) is 0 Å². The Morgan fingerprint density at radius 2 is 1.95 bits per heavy atom. The molecular weight excluding hydrogens is 294 g/mol. The molecule has 1 aromatic rings. The van der Waals surface area contributed by atoms with Crippen molar-refractivity contribution in [2.45, 2.75) is 12.6 Å². The predicted octanol–water partition coefficient (Wildman–Crippen LogP) is 0.403. The third-order valence-corrected chi connectivity index (χ3v) is 5.04. The van der Waals surface area contributed by atoms with Gasteiger partial charge in [0.25, 0.3) is 10.2 Å². The van der Waals surface area contributed by atoms with E-state index in [0.717, 1.165) is 9.87 Å². The lowest BCUT2D eigenvalue weighted by Gasteiger charge is -2.39. The summed E-state index contributed by atoms with van der Waals surface area (Å²) in [6, 6.07) is 9.14. The first-order valence-electron chi connectivity index (χ1n) is 6.54. The number of ether oxygens (including phenoxy) is 1. The van der Waals surface area contributed by atoms with E-state index in [0.29, 0.717) is 0 Å². The molecule has 1 saturated heterocycles. The molecule has 0 saturated carbocycles. The monoisotopic (exact) mass is 313 g/mol. The fourth-order valence-electron chi connectivity index (χ4n) is 1.88. The highest BCUT2D eigenvalue weighted by Crippen LogP contribution is 2.15. The van der Waals surface area contributed by atoms with Crippen molar-refractivity contribution in [1.29, 1.82) is 0 Å². The first-order chi connectivity index (χ1) is 9.89. The first kappa shape index (κ1) is 15.7. The summed E-state index contributed by atoms with van der Waals surface area (Å²) < 4.78 is 31.0. The smallest absolute Gasteiger partial charge is 0.407 e. The largest absolute Gasteiger partial charge is 0.445 e. The van der Waals surface area contributed by atoms with Crippen molar-refractivity contribution in [3.63, 3.8) is 0 Å². The van der Waals surface area contributed by atoms with Crippen LogP contribution >= 0.6 is 0 Å².